The normalized spacial score (nSPS) is 10.8. The molecule has 0 atom stereocenters. The molecule has 0 spiro atoms. The summed E-state index contributed by atoms with van der Waals surface area (Å²) in [5.74, 6) is 0.00465. The van der Waals surface area contributed by atoms with Crippen LogP contribution in [0.15, 0.2) is 60.8 Å². The first-order valence-electron chi connectivity index (χ1n) is 8.19. The van der Waals surface area contributed by atoms with E-state index in [1.54, 1.807) is 0 Å². The molecular weight excluding hydrogens is 284 g/mol. The molecule has 118 valence electrons. The third kappa shape index (κ3) is 3.62. The van der Waals surface area contributed by atoms with E-state index in [-0.39, 0.29) is 5.91 Å². The van der Waals surface area contributed by atoms with Crippen LogP contribution in [0.4, 0.5) is 0 Å². The third-order valence-electron chi connectivity index (χ3n) is 4.17. The lowest BCUT2D eigenvalue weighted by Gasteiger charge is -2.08. The van der Waals surface area contributed by atoms with Gasteiger partial charge in [-0.25, -0.2) is 0 Å². The molecular formula is C20H22N2O. The standard InChI is InChI=1S/C20H22N2O/c1-2-16-8-10-18(11-9-16)20(23)21-13-5-14-22-15-12-17-6-3-4-7-19(17)22/h3-4,6-12,15H,2,5,13-14H2,1H3,(H,21,23). The van der Waals surface area contributed by atoms with Gasteiger partial charge in [0.2, 0.25) is 0 Å². The Morgan fingerprint density at radius 2 is 1.83 bits per heavy atom. The van der Waals surface area contributed by atoms with E-state index in [4.69, 9.17) is 0 Å². The molecule has 0 aliphatic heterocycles. The number of aromatic nitrogens is 1. The molecule has 0 aliphatic carbocycles. The molecule has 0 saturated heterocycles. The van der Waals surface area contributed by atoms with E-state index in [0.29, 0.717) is 6.54 Å². The Bertz CT molecular complexity index is 787. The molecule has 3 rings (SSSR count). The molecule has 3 nitrogen and oxygen atoms in total. The van der Waals surface area contributed by atoms with Gasteiger partial charge >= 0.3 is 0 Å². The van der Waals surface area contributed by atoms with E-state index in [1.807, 2.05) is 24.3 Å². The molecule has 1 heterocycles. The largest absolute Gasteiger partial charge is 0.352 e. The van der Waals surface area contributed by atoms with Crippen molar-refractivity contribution in [1.82, 2.24) is 9.88 Å². The van der Waals surface area contributed by atoms with Crippen LogP contribution in [0.2, 0.25) is 0 Å². The van der Waals surface area contributed by atoms with Crippen LogP contribution in [-0.4, -0.2) is 17.0 Å². The summed E-state index contributed by atoms with van der Waals surface area (Å²) in [5.41, 5.74) is 3.23. The van der Waals surface area contributed by atoms with Crippen LogP contribution < -0.4 is 5.32 Å². The predicted molar refractivity (Wildman–Crippen MR) is 94.7 cm³/mol. The molecule has 1 amide bonds. The number of amides is 1. The fraction of sp³-hybridized carbons (Fsp3) is 0.250. The molecule has 3 heteroatoms. The van der Waals surface area contributed by atoms with Crippen molar-refractivity contribution in [3.05, 3.63) is 71.9 Å². The van der Waals surface area contributed by atoms with Gasteiger partial charge in [0.1, 0.15) is 0 Å². The third-order valence-corrected chi connectivity index (χ3v) is 4.17. The van der Waals surface area contributed by atoms with Gasteiger partial charge in [0, 0.05) is 30.4 Å². The predicted octanol–water partition coefficient (Wildman–Crippen LogP) is 4.02. The number of rotatable bonds is 6. The molecule has 2 aromatic carbocycles. The van der Waals surface area contributed by atoms with Crippen LogP contribution in [0.3, 0.4) is 0 Å². The number of para-hydroxylation sites is 1. The van der Waals surface area contributed by atoms with Crippen LogP contribution in [0.5, 0.6) is 0 Å². The number of benzene rings is 2. The van der Waals surface area contributed by atoms with E-state index in [2.05, 4.69) is 53.3 Å². The van der Waals surface area contributed by atoms with Crippen molar-refractivity contribution >= 4 is 16.8 Å². The van der Waals surface area contributed by atoms with Gasteiger partial charge in [0.15, 0.2) is 0 Å². The topological polar surface area (TPSA) is 34.0 Å². The quantitative estimate of drug-likeness (QED) is 0.686. The molecule has 0 fully saturated rings. The Morgan fingerprint density at radius 3 is 2.61 bits per heavy atom. The van der Waals surface area contributed by atoms with Crippen molar-refractivity contribution < 1.29 is 4.79 Å². The second kappa shape index (κ2) is 7.14. The highest BCUT2D eigenvalue weighted by molar-refractivity contribution is 5.94. The zero-order valence-electron chi connectivity index (χ0n) is 13.5. The minimum absolute atomic E-state index is 0.00465. The smallest absolute Gasteiger partial charge is 0.251 e. The summed E-state index contributed by atoms with van der Waals surface area (Å²) >= 11 is 0. The zero-order valence-corrected chi connectivity index (χ0v) is 13.5. The van der Waals surface area contributed by atoms with Crippen molar-refractivity contribution in [3.8, 4) is 0 Å². The Morgan fingerprint density at radius 1 is 1.04 bits per heavy atom. The number of fused-ring (bicyclic) bond motifs is 1. The summed E-state index contributed by atoms with van der Waals surface area (Å²) in [6.45, 7) is 3.70. The summed E-state index contributed by atoms with van der Waals surface area (Å²) in [4.78, 5) is 12.1. The highest BCUT2D eigenvalue weighted by Gasteiger charge is 2.05. The fourth-order valence-electron chi connectivity index (χ4n) is 2.78. The zero-order chi connectivity index (χ0) is 16.1. The van der Waals surface area contributed by atoms with Crippen molar-refractivity contribution in [3.63, 3.8) is 0 Å². The lowest BCUT2D eigenvalue weighted by molar-refractivity contribution is 0.0953. The van der Waals surface area contributed by atoms with E-state index in [1.165, 1.54) is 16.5 Å². The Balaban J connectivity index is 1.50. The van der Waals surface area contributed by atoms with Gasteiger partial charge in [-0.05, 0) is 48.1 Å². The Kier molecular flexibility index (Phi) is 4.77. The van der Waals surface area contributed by atoms with E-state index in [0.717, 1.165) is 24.9 Å². The van der Waals surface area contributed by atoms with Crippen LogP contribution in [0.1, 0.15) is 29.3 Å². The first-order chi connectivity index (χ1) is 11.3. The summed E-state index contributed by atoms with van der Waals surface area (Å²) in [5, 5.41) is 4.25. The van der Waals surface area contributed by atoms with Crippen LogP contribution >= 0.6 is 0 Å². The van der Waals surface area contributed by atoms with Gasteiger partial charge in [-0.1, -0.05) is 37.3 Å². The minimum Gasteiger partial charge on any atom is -0.352 e. The number of carbonyl (C=O) groups is 1. The second-order valence-corrected chi connectivity index (χ2v) is 5.73. The van der Waals surface area contributed by atoms with Gasteiger partial charge in [0.05, 0.1) is 0 Å². The number of hydrogen-bond donors (Lipinski definition) is 1. The summed E-state index contributed by atoms with van der Waals surface area (Å²) in [6.07, 6.45) is 4.01. The molecule has 0 unspecified atom stereocenters. The monoisotopic (exact) mass is 306 g/mol. The second-order valence-electron chi connectivity index (χ2n) is 5.73. The highest BCUT2D eigenvalue weighted by Crippen LogP contribution is 2.15. The molecule has 1 aromatic heterocycles. The lowest BCUT2D eigenvalue weighted by atomic mass is 10.1. The summed E-state index contributed by atoms with van der Waals surface area (Å²) in [7, 11) is 0. The van der Waals surface area contributed by atoms with Gasteiger partial charge in [-0.3, -0.25) is 4.79 Å². The summed E-state index contributed by atoms with van der Waals surface area (Å²) in [6, 6.07) is 18.3. The van der Waals surface area contributed by atoms with Gasteiger partial charge in [-0.2, -0.15) is 0 Å². The maximum atomic E-state index is 12.1. The minimum atomic E-state index is 0.00465. The van der Waals surface area contributed by atoms with Gasteiger partial charge in [-0.15, -0.1) is 0 Å². The van der Waals surface area contributed by atoms with Crippen LogP contribution in [0.25, 0.3) is 10.9 Å². The Labute approximate surface area is 136 Å². The average molecular weight is 306 g/mol. The molecule has 1 N–H and O–H groups in total. The molecule has 0 aliphatic rings. The van der Waals surface area contributed by atoms with Gasteiger partial charge in [0.25, 0.3) is 5.91 Å². The van der Waals surface area contributed by atoms with Crippen molar-refractivity contribution in [1.29, 1.82) is 0 Å². The number of hydrogen-bond acceptors (Lipinski definition) is 1. The molecule has 0 bridgehead atoms. The maximum Gasteiger partial charge on any atom is 0.251 e. The first-order valence-corrected chi connectivity index (χ1v) is 8.19. The fourth-order valence-corrected chi connectivity index (χ4v) is 2.78. The number of carbonyl (C=O) groups excluding carboxylic acids is 1. The van der Waals surface area contributed by atoms with E-state index < -0.39 is 0 Å². The highest BCUT2D eigenvalue weighted by atomic mass is 16.1. The lowest BCUT2D eigenvalue weighted by Crippen LogP contribution is -2.25. The average Bonchev–Trinajstić information content (AvgIpc) is 3.02. The van der Waals surface area contributed by atoms with Crippen molar-refractivity contribution in [2.24, 2.45) is 0 Å². The number of nitrogens with zero attached hydrogens (tertiary/aromatic N) is 1. The SMILES string of the molecule is CCc1ccc(C(=O)NCCCn2ccc3ccccc32)cc1. The van der Waals surface area contributed by atoms with E-state index >= 15 is 0 Å². The molecule has 3 aromatic rings. The maximum absolute atomic E-state index is 12.1. The van der Waals surface area contributed by atoms with Crippen LogP contribution in [-0.2, 0) is 13.0 Å². The molecule has 23 heavy (non-hydrogen) atoms. The number of nitrogens with one attached hydrogen (secondary N) is 1. The van der Waals surface area contributed by atoms with Crippen LogP contribution in [0, 0.1) is 0 Å². The van der Waals surface area contributed by atoms with Gasteiger partial charge < -0.3 is 9.88 Å². The molecule has 0 saturated carbocycles. The Hall–Kier alpha value is -2.55. The number of aryl methyl sites for hydroxylation is 2. The molecule has 0 radical (unpaired) electrons. The van der Waals surface area contributed by atoms with Crippen molar-refractivity contribution in [2.45, 2.75) is 26.3 Å². The summed E-state index contributed by atoms with van der Waals surface area (Å²) < 4.78 is 2.23. The first kappa shape index (κ1) is 15.3. The van der Waals surface area contributed by atoms with Crippen molar-refractivity contribution in [2.75, 3.05) is 6.54 Å². The van der Waals surface area contributed by atoms with E-state index in [9.17, 15) is 4.79 Å².